The molecule has 0 radical (unpaired) electrons. The summed E-state index contributed by atoms with van der Waals surface area (Å²) in [5.74, 6) is 0.779. The van der Waals surface area contributed by atoms with Gasteiger partial charge in [0.25, 0.3) is 0 Å². The van der Waals surface area contributed by atoms with Crippen LogP contribution in [0.4, 0.5) is 0 Å². The average Bonchev–Trinajstić information content (AvgIpc) is 2.29. The van der Waals surface area contributed by atoms with Crippen LogP contribution >= 0.6 is 0 Å². The van der Waals surface area contributed by atoms with Gasteiger partial charge in [-0.15, -0.1) is 0 Å². The molecule has 0 saturated heterocycles. The molecule has 0 spiro atoms. The minimum atomic E-state index is -0.700. The van der Waals surface area contributed by atoms with E-state index in [0.29, 0.717) is 25.2 Å². The molecule has 0 heterocycles. The second-order valence-corrected chi connectivity index (χ2v) is 5.07. The van der Waals surface area contributed by atoms with Crippen molar-refractivity contribution >= 4 is 5.71 Å². The first-order valence-corrected chi connectivity index (χ1v) is 6.02. The average molecular weight is 251 g/mol. The Labute approximate surface area is 108 Å². The molecule has 0 bridgehead atoms. The topological polar surface area (TPSA) is 62.0 Å². The number of benzene rings is 1. The van der Waals surface area contributed by atoms with Crippen molar-refractivity contribution in [1.29, 1.82) is 0 Å². The summed E-state index contributed by atoms with van der Waals surface area (Å²) in [6, 6.07) is 7.64. The van der Waals surface area contributed by atoms with Gasteiger partial charge in [0.1, 0.15) is 5.75 Å². The molecular weight excluding hydrogens is 230 g/mol. The van der Waals surface area contributed by atoms with Crippen LogP contribution in [0.2, 0.25) is 0 Å². The maximum Gasteiger partial charge on any atom is 0.119 e. The third kappa shape index (κ3) is 5.68. The zero-order valence-electron chi connectivity index (χ0n) is 11.2. The highest BCUT2D eigenvalue weighted by molar-refractivity contribution is 5.83. The minimum absolute atomic E-state index is 0.486. The van der Waals surface area contributed by atoms with Gasteiger partial charge in [0.2, 0.25) is 0 Å². The van der Waals surface area contributed by atoms with Crippen LogP contribution in [0.15, 0.2) is 29.4 Å². The second kappa shape index (κ2) is 6.40. The van der Waals surface area contributed by atoms with Crippen molar-refractivity contribution in [3.63, 3.8) is 0 Å². The fraction of sp³-hybridized carbons (Fsp3) is 0.500. The van der Waals surface area contributed by atoms with E-state index in [1.54, 1.807) is 20.8 Å². The fourth-order valence-electron chi connectivity index (χ4n) is 1.45. The van der Waals surface area contributed by atoms with Gasteiger partial charge in [-0.2, -0.15) is 0 Å². The van der Waals surface area contributed by atoms with Crippen LogP contribution in [-0.4, -0.2) is 28.2 Å². The van der Waals surface area contributed by atoms with Crippen molar-refractivity contribution in [3.8, 4) is 5.75 Å². The number of oxime groups is 1. The molecule has 4 heteroatoms. The van der Waals surface area contributed by atoms with E-state index in [1.807, 2.05) is 24.3 Å². The van der Waals surface area contributed by atoms with Crippen LogP contribution < -0.4 is 4.74 Å². The van der Waals surface area contributed by atoms with Crippen molar-refractivity contribution in [1.82, 2.24) is 0 Å². The molecule has 18 heavy (non-hydrogen) atoms. The predicted octanol–water partition coefficient (Wildman–Crippen LogP) is 2.62. The van der Waals surface area contributed by atoms with E-state index in [-0.39, 0.29) is 0 Å². The Kier molecular flexibility index (Phi) is 5.16. The SMILES string of the molecule is C/C(Cc1ccc(OCCC(C)(C)O)cc1)=N/O. The Hall–Kier alpha value is -1.55. The molecule has 0 aliphatic carbocycles. The second-order valence-electron chi connectivity index (χ2n) is 5.07. The summed E-state index contributed by atoms with van der Waals surface area (Å²) in [5.41, 5.74) is 1.04. The van der Waals surface area contributed by atoms with Crippen LogP contribution in [0.25, 0.3) is 0 Å². The number of hydrogen-bond acceptors (Lipinski definition) is 4. The number of rotatable bonds is 6. The maximum absolute atomic E-state index is 9.55. The molecule has 0 aliphatic heterocycles. The third-order valence-corrected chi connectivity index (χ3v) is 2.54. The lowest BCUT2D eigenvalue weighted by atomic mass is 10.1. The van der Waals surface area contributed by atoms with Crippen molar-refractivity contribution in [2.45, 2.75) is 39.2 Å². The van der Waals surface area contributed by atoms with Crippen molar-refractivity contribution < 1.29 is 15.1 Å². The molecule has 1 rings (SSSR count). The largest absolute Gasteiger partial charge is 0.493 e. The van der Waals surface area contributed by atoms with E-state index in [1.165, 1.54) is 0 Å². The molecule has 100 valence electrons. The maximum atomic E-state index is 9.55. The Morgan fingerprint density at radius 3 is 2.39 bits per heavy atom. The van der Waals surface area contributed by atoms with Gasteiger partial charge in [0.15, 0.2) is 0 Å². The lowest BCUT2D eigenvalue weighted by Crippen LogP contribution is -2.21. The predicted molar refractivity (Wildman–Crippen MR) is 71.5 cm³/mol. The lowest BCUT2D eigenvalue weighted by molar-refractivity contribution is 0.0553. The number of ether oxygens (including phenoxy) is 1. The monoisotopic (exact) mass is 251 g/mol. The van der Waals surface area contributed by atoms with E-state index < -0.39 is 5.60 Å². The summed E-state index contributed by atoms with van der Waals surface area (Å²) in [5, 5.41) is 21.3. The molecule has 0 fully saturated rings. The summed E-state index contributed by atoms with van der Waals surface area (Å²) in [7, 11) is 0. The van der Waals surface area contributed by atoms with E-state index in [4.69, 9.17) is 9.94 Å². The van der Waals surface area contributed by atoms with E-state index >= 15 is 0 Å². The summed E-state index contributed by atoms with van der Waals surface area (Å²) >= 11 is 0. The van der Waals surface area contributed by atoms with Crippen LogP contribution in [0.1, 0.15) is 32.8 Å². The molecule has 4 nitrogen and oxygen atoms in total. The van der Waals surface area contributed by atoms with Gasteiger partial charge in [-0.1, -0.05) is 17.3 Å². The lowest BCUT2D eigenvalue weighted by Gasteiger charge is -2.17. The van der Waals surface area contributed by atoms with Gasteiger partial charge >= 0.3 is 0 Å². The minimum Gasteiger partial charge on any atom is -0.493 e. The Balaban J connectivity index is 2.45. The quantitative estimate of drug-likeness (QED) is 0.464. The highest BCUT2D eigenvalue weighted by atomic mass is 16.5. The van der Waals surface area contributed by atoms with Gasteiger partial charge in [-0.3, -0.25) is 0 Å². The number of hydrogen-bond donors (Lipinski definition) is 2. The van der Waals surface area contributed by atoms with Gasteiger partial charge < -0.3 is 15.1 Å². The summed E-state index contributed by atoms with van der Waals surface area (Å²) in [4.78, 5) is 0. The number of nitrogens with zero attached hydrogens (tertiary/aromatic N) is 1. The van der Waals surface area contributed by atoms with Crippen LogP contribution in [0, 0.1) is 0 Å². The highest BCUT2D eigenvalue weighted by Gasteiger charge is 2.11. The zero-order chi connectivity index (χ0) is 13.6. The molecule has 1 aromatic carbocycles. The first-order valence-electron chi connectivity index (χ1n) is 6.02. The molecule has 0 saturated carbocycles. The zero-order valence-corrected chi connectivity index (χ0v) is 11.2. The third-order valence-electron chi connectivity index (χ3n) is 2.54. The normalized spacial score (nSPS) is 12.6. The van der Waals surface area contributed by atoms with E-state index in [2.05, 4.69) is 5.16 Å². The first-order chi connectivity index (χ1) is 8.40. The molecular formula is C14H21NO3. The molecule has 0 amide bonds. The van der Waals surface area contributed by atoms with Crippen LogP contribution in [0.3, 0.4) is 0 Å². The van der Waals surface area contributed by atoms with Gasteiger partial charge in [-0.25, -0.2) is 0 Å². The van der Waals surface area contributed by atoms with Gasteiger partial charge in [0, 0.05) is 12.8 Å². The molecule has 0 aromatic heterocycles. The molecule has 0 aliphatic rings. The Bertz CT molecular complexity index is 390. The molecule has 2 N–H and O–H groups in total. The van der Waals surface area contributed by atoms with Crippen molar-refractivity contribution in [3.05, 3.63) is 29.8 Å². The molecule has 0 unspecified atom stereocenters. The standard InChI is InChI=1S/C14H21NO3/c1-11(15-17)10-12-4-6-13(7-5-12)18-9-8-14(2,3)16/h4-7,16-17H,8-10H2,1-3H3/b15-11-. The van der Waals surface area contributed by atoms with Crippen LogP contribution in [0.5, 0.6) is 5.75 Å². The van der Waals surface area contributed by atoms with E-state index in [0.717, 1.165) is 11.3 Å². The van der Waals surface area contributed by atoms with Gasteiger partial charge in [0.05, 0.1) is 17.9 Å². The van der Waals surface area contributed by atoms with Crippen molar-refractivity contribution in [2.24, 2.45) is 5.16 Å². The molecule has 0 atom stereocenters. The Morgan fingerprint density at radius 1 is 1.28 bits per heavy atom. The van der Waals surface area contributed by atoms with Crippen LogP contribution in [-0.2, 0) is 6.42 Å². The highest BCUT2D eigenvalue weighted by Crippen LogP contribution is 2.15. The first kappa shape index (κ1) is 14.5. The number of aliphatic hydroxyl groups is 1. The van der Waals surface area contributed by atoms with Gasteiger partial charge in [-0.05, 0) is 38.5 Å². The summed E-state index contributed by atoms with van der Waals surface area (Å²) in [6.45, 7) is 5.78. The molecule has 1 aromatic rings. The summed E-state index contributed by atoms with van der Waals surface area (Å²) in [6.07, 6.45) is 1.21. The Morgan fingerprint density at radius 2 is 1.89 bits per heavy atom. The smallest absolute Gasteiger partial charge is 0.119 e. The summed E-state index contributed by atoms with van der Waals surface area (Å²) < 4.78 is 5.53. The van der Waals surface area contributed by atoms with E-state index in [9.17, 15) is 5.11 Å². The fourth-order valence-corrected chi connectivity index (χ4v) is 1.45. The van der Waals surface area contributed by atoms with Crippen molar-refractivity contribution in [2.75, 3.05) is 6.61 Å².